The van der Waals surface area contributed by atoms with Crippen LogP contribution in [0.2, 0.25) is 0 Å². The number of nitrogens with zero attached hydrogens (tertiary/aromatic N) is 1. The maximum absolute atomic E-state index is 13.3. The first-order valence-electron chi connectivity index (χ1n) is 4.76. The highest BCUT2D eigenvalue weighted by molar-refractivity contribution is 5.80. The molecule has 88 valence electrons. The SMILES string of the molecule is CO[C@@H]1CCN(C(=O)[C@@H](C)O)CC1(F)F. The van der Waals surface area contributed by atoms with Gasteiger partial charge in [-0.2, -0.15) is 0 Å². The fourth-order valence-electron chi connectivity index (χ4n) is 1.66. The summed E-state index contributed by atoms with van der Waals surface area (Å²) >= 11 is 0. The third kappa shape index (κ3) is 2.63. The molecule has 0 radical (unpaired) electrons. The number of hydrogen-bond donors (Lipinski definition) is 1. The average Bonchev–Trinajstić information content (AvgIpc) is 2.15. The smallest absolute Gasteiger partial charge is 0.290 e. The van der Waals surface area contributed by atoms with Crippen molar-refractivity contribution in [1.29, 1.82) is 0 Å². The Hall–Kier alpha value is -0.750. The maximum atomic E-state index is 13.3. The van der Waals surface area contributed by atoms with Crippen LogP contribution in [0.1, 0.15) is 13.3 Å². The highest BCUT2D eigenvalue weighted by atomic mass is 19.3. The summed E-state index contributed by atoms with van der Waals surface area (Å²) in [5.41, 5.74) is 0. The van der Waals surface area contributed by atoms with E-state index in [9.17, 15) is 13.6 Å². The third-order valence-corrected chi connectivity index (χ3v) is 2.49. The number of methoxy groups -OCH3 is 1. The molecular formula is C9H15F2NO3. The van der Waals surface area contributed by atoms with Gasteiger partial charge in [0.1, 0.15) is 12.2 Å². The zero-order valence-electron chi connectivity index (χ0n) is 8.74. The Bertz CT molecular complexity index is 246. The number of halogens is 2. The molecule has 0 aromatic carbocycles. The van der Waals surface area contributed by atoms with Crippen molar-refractivity contribution in [3.8, 4) is 0 Å². The average molecular weight is 223 g/mol. The van der Waals surface area contributed by atoms with Crippen LogP contribution in [0.25, 0.3) is 0 Å². The molecule has 6 heteroatoms. The van der Waals surface area contributed by atoms with E-state index in [0.29, 0.717) is 0 Å². The van der Waals surface area contributed by atoms with Crippen molar-refractivity contribution in [2.75, 3.05) is 20.2 Å². The molecule has 1 N–H and O–H groups in total. The van der Waals surface area contributed by atoms with Gasteiger partial charge >= 0.3 is 0 Å². The number of likely N-dealkylation sites (tertiary alicyclic amines) is 1. The van der Waals surface area contributed by atoms with Crippen molar-refractivity contribution in [3.63, 3.8) is 0 Å². The number of piperidine rings is 1. The first kappa shape index (κ1) is 12.3. The number of ether oxygens (including phenoxy) is 1. The molecule has 0 bridgehead atoms. The molecule has 1 aliphatic rings. The van der Waals surface area contributed by atoms with Crippen LogP contribution < -0.4 is 0 Å². The molecule has 0 aliphatic carbocycles. The molecule has 0 spiro atoms. The minimum atomic E-state index is -3.04. The fraction of sp³-hybridized carbons (Fsp3) is 0.889. The summed E-state index contributed by atoms with van der Waals surface area (Å²) in [5, 5.41) is 9.00. The molecule has 1 amide bonds. The van der Waals surface area contributed by atoms with Crippen molar-refractivity contribution < 1.29 is 23.4 Å². The Labute approximate surface area is 86.8 Å². The Morgan fingerprint density at radius 1 is 1.67 bits per heavy atom. The van der Waals surface area contributed by atoms with Crippen LogP contribution in [0.3, 0.4) is 0 Å². The van der Waals surface area contributed by atoms with Gasteiger partial charge in [0.05, 0.1) is 6.54 Å². The van der Waals surface area contributed by atoms with Gasteiger partial charge in [0.15, 0.2) is 0 Å². The summed E-state index contributed by atoms with van der Waals surface area (Å²) in [5.74, 6) is -3.71. The van der Waals surface area contributed by atoms with Crippen LogP contribution in [0.4, 0.5) is 8.78 Å². The van der Waals surface area contributed by atoms with Crippen molar-refractivity contribution >= 4 is 5.91 Å². The van der Waals surface area contributed by atoms with E-state index in [-0.39, 0.29) is 13.0 Å². The molecule has 1 fully saturated rings. The van der Waals surface area contributed by atoms with Gasteiger partial charge in [-0.05, 0) is 13.3 Å². The van der Waals surface area contributed by atoms with Gasteiger partial charge in [-0.25, -0.2) is 8.78 Å². The second kappa shape index (κ2) is 4.40. The van der Waals surface area contributed by atoms with Gasteiger partial charge in [-0.15, -0.1) is 0 Å². The molecule has 1 rings (SSSR count). The summed E-state index contributed by atoms with van der Waals surface area (Å²) in [4.78, 5) is 12.3. The second-order valence-electron chi connectivity index (χ2n) is 3.71. The van der Waals surface area contributed by atoms with E-state index in [4.69, 9.17) is 5.11 Å². The highest BCUT2D eigenvalue weighted by Gasteiger charge is 2.46. The molecule has 1 saturated heterocycles. The first-order chi connectivity index (χ1) is 6.88. The van der Waals surface area contributed by atoms with Gasteiger partial charge in [0.25, 0.3) is 11.8 Å². The van der Waals surface area contributed by atoms with Gasteiger partial charge in [-0.3, -0.25) is 4.79 Å². The molecule has 1 aliphatic heterocycles. The predicted molar refractivity (Wildman–Crippen MR) is 48.6 cm³/mol. The van der Waals surface area contributed by atoms with Crippen molar-refractivity contribution in [2.45, 2.75) is 31.5 Å². The number of alkyl halides is 2. The van der Waals surface area contributed by atoms with Gasteiger partial charge < -0.3 is 14.7 Å². The Kier molecular flexibility index (Phi) is 3.62. The molecule has 0 aromatic rings. The molecule has 0 aromatic heterocycles. The molecule has 2 atom stereocenters. The largest absolute Gasteiger partial charge is 0.384 e. The summed E-state index contributed by atoms with van der Waals surface area (Å²) < 4.78 is 31.3. The maximum Gasteiger partial charge on any atom is 0.290 e. The number of hydrogen-bond acceptors (Lipinski definition) is 3. The molecule has 0 unspecified atom stereocenters. The van der Waals surface area contributed by atoms with Crippen LogP contribution in [0.5, 0.6) is 0 Å². The van der Waals surface area contributed by atoms with Crippen LogP contribution in [0.15, 0.2) is 0 Å². The number of carbonyl (C=O) groups is 1. The van der Waals surface area contributed by atoms with E-state index in [1.54, 1.807) is 0 Å². The summed E-state index contributed by atoms with van der Waals surface area (Å²) in [7, 11) is 1.23. The number of aliphatic hydroxyl groups is 1. The lowest BCUT2D eigenvalue weighted by Gasteiger charge is -2.37. The molecular weight excluding hydrogens is 208 g/mol. The van der Waals surface area contributed by atoms with Crippen molar-refractivity contribution in [2.24, 2.45) is 0 Å². The lowest BCUT2D eigenvalue weighted by molar-refractivity contribution is -0.176. The Balaban J connectivity index is 2.66. The van der Waals surface area contributed by atoms with E-state index in [1.165, 1.54) is 14.0 Å². The van der Waals surface area contributed by atoms with Crippen molar-refractivity contribution in [1.82, 2.24) is 4.90 Å². The number of amides is 1. The lowest BCUT2D eigenvalue weighted by atomic mass is 10.0. The third-order valence-electron chi connectivity index (χ3n) is 2.49. The van der Waals surface area contributed by atoms with Crippen LogP contribution in [0, 0.1) is 0 Å². The molecule has 1 heterocycles. The highest BCUT2D eigenvalue weighted by Crippen LogP contribution is 2.29. The molecule has 0 saturated carbocycles. The molecule has 4 nitrogen and oxygen atoms in total. The Morgan fingerprint density at radius 2 is 2.27 bits per heavy atom. The van der Waals surface area contributed by atoms with E-state index in [1.807, 2.05) is 0 Å². The zero-order valence-corrected chi connectivity index (χ0v) is 8.74. The number of aliphatic hydroxyl groups excluding tert-OH is 1. The minimum Gasteiger partial charge on any atom is -0.384 e. The van der Waals surface area contributed by atoms with E-state index >= 15 is 0 Å². The van der Waals surface area contributed by atoms with Gasteiger partial charge in [-0.1, -0.05) is 0 Å². The zero-order chi connectivity index (χ0) is 11.6. The number of rotatable bonds is 2. The van der Waals surface area contributed by atoms with Crippen LogP contribution >= 0.6 is 0 Å². The van der Waals surface area contributed by atoms with E-state index < -0.39 is 30.6 Å². The Morgan fingerprint density at radius 3 is 2.67 bits per heavy atom. The quantitative estimate of drug-likeness (QED) is 0.730. The van der Waals surface area contributed by atoms with E-state index in [2.05, 4.69) is 4.74 Å². The second-order valence-corrected chi connectivity index (χ2v) is 3.71. The first-order valence-corrected chi connectivity index (χ1v) is 4.76. The monoisotopic (exact) mass is 223 g/mol. The summed E-state index contributed by atoms with van der Waals surface area (Å²) in [6.07, 6.45) is -2.29. The number of carbonyl (C=O) groups excluding carboxylic acids is 1. The molecule has 15 heavy (non-hydrogen) atoms. The van der Waals surface area contributed by atoms with E-state index in [0.717, 1.165) is 4.90 Å². The summed E-state index contributed by atoms with van der Waals surface area (Å²) in [6.45, 7) is 0.774. The lowest BCUT2D eigenvalue weighted by Crippen LogP contribution is -2.55. The minimum absolute atomic E-state index is 0.0853. The normalized spacial score (nSPS) is 27.5. The summed E-state index contributed by atoms with van der Waals surface area (Å²) in [6, 6.07) is 0. The fourth-order valence-corrected chi connectivity index (χ4v) is 1.66. The topological polar surface area (TPSA) is 49.8 Å². The van der Waals surface area contributed by atoms with Crippen molar-refractivity contribution in [3.05, 3.63) is 0 Å². The standard InChI is InChI=1S/C9H15F2NO3/c1-6(13)8(14)12-4-3-7(15-2)9(10,11)5-12/h6-7,13H,3-5H2,1-2H3/t6-,7-/m1/s1. The van der Waals surface area contributed by atoms with Gasteiger partial charge in [0.2, 0.25) is 0 Å². The van der Waals surface area contributed by atoms with Crippen LogP contribution in [-0.2, 0) is 9.53 Å². The predicted octanol–water partition coefficient (Wildman–Crippen LogP) is 0.250. The van der Waals surface area contributed by atoms with Crippen LogP contribution in [-0.4, -0.2) is 54.2 Å². The van der Waals surface area contributed by atoms with Gasteiger partial charge in [0, 0.05) is 13.7 Å².